The van der Waals surface area contributed by atoms with Gasteiger partial charge in [-0.3, -0.25) is 0 Å². The highest BCUT2D eigenvalue weighted by atomic mass is 35.5. The lowest BCUT2D eigenvalue weighted by molar-refractivity contribution is -0.142. The maximum absolute atomic E-state index is 9.30. The SMILES string of the molecule is Cl.OC1CCOC2(CNC2)C1. The maximum atomic E-state index is 9.30. The van der Waals surface area contributed by atoms with Gasteiger partial charge in [0.05, 0.1) is 11.7 Å². The third kappa shape index (κ3) is 1.67. The highest BCUT2D eigenvalue weighted by molar-refractivity contribution is 5.85. The minimum Gasteiger partial charge on any atom is -0.393 e. The first-order valence-electron chi connectivity index (χ1n) is 3.84. The number of ether oxygens (including phenoxy) is 1. The van der Waals surface area contributed by atoms with Crippen molar-refractivity contribution in [1.29, 1.82) is 0 Å². The van der Waals surface area contributed by atoms with Crippen molar-refractivity contribution in [2.75, 3.05) is 19.7 Å². The molecule has 0 aromatic carbocycles. The minimum absolute atomic E-state index is 0. The molecule has 66 valence electrons. The van der Waals surface area contributed by atoms with Crippen LogP contribution in [-0.4, -0.2) is 36.5 Å². The third-order valence-corrected chi connectivity index (χ3v) is 2.36. The third-order valence-electron chi connectivity index (χ3n) is 2.36. The summed E-state index contributed by atoms with van der Waals surface area (Å²) in [5.74, 6) is 0. The van der Waals surface area contributed by atoms with Crippen molar-refractivity contribution in [1.82, 2.24) is 5.32 Å². The predicted molar refractivity (Wildman–Crippen MR) is 44.0 cm³/mol. The molecule has 11 heavy (non-hydrogen) atoms. The highest BCUT2D eigenvalue weighted by Crippen LogP contribution is 2.28. The molecule has 3 nitrogen and oxygen atoms in total. The normalized spacial score (nSPS) is 34.1. The van der Waals surface area contributed by atoms with E-state index in [0.29, 0.717) is 0 Å². The van der Waals surface area contributed by atoms with Gasteiger partial charge in [-0.1, -0.05) is 0 Å². The number of hydrogen-bond donors (Lipinski definition) is 2. The van der Waals surface area contributed by atoms with E-state index in [4.69, 9.17) is 4.74 Å². The number of halogens is 1. The molecular weight excluding hydrogens is 166 g/mol. The molecular formula is C7H14ClNO2. The smallest absolute Gasteiger partial charge is 0.0954 e. The largest absolute Gasteiger partial charge is 0.393 e. The standard InChI is InChI=1S/C7H13NO2.ClH/c9-6-1-2-10-7(3-6)4-8-5-7;/h6,8-9H,1-5H2;1H. The van der Waals surface area contributed by atoms with Crippen molar-refractivity contribution in [2.45, 2.75) is 24.5 Å². The van der Waals surface area contributed by atoms with Gasteiger partial charge in [0.25, 0.3) is 0 Å². The molecule has 0 amide bonds. The van der Waals surface area contributed by atoms with Crippen LogP contribution in [0.3, 0.4) is 0 Å². The molecule has 2 rings (SSSR count). The van der Waals surface area contributed by atoms with Gasteiger partial charge < -0.3 is 15.2 Å². The van der Waals surface area contributed by atoms with Crippen LogP contribution in [0.15, 0.2) is 0 Å². The quantitative estimate of drug-likeness (QED) is 0.547. The van der Waals surface area contributed by atoms with E-state index in [0.717, 1.165) is 32.5 Å². The van der Waals surface area contributed by atoms with E-state index in [1.54, 1.807) is 0 Å². The molecule has 2 fully saturated rings. The average molecular weight is 180 g/mol. The molecule has 0 aromatic rings. The Morgan fingerprint density at radius 1 is 1.45 bits per heavy atom. The van der Waals surface area contributed by atoms with Crippen LogP contribution in [0.1, 0.15) is 12.8 Å². The van der Waals surface area contributed by atoms with E-state index in [-0.39, 0.29) is 24.1 Å². The van der Waals surface area contributed by atoms with Crippen molar-refractivity contribution in [3.8, 4) is 0 Å². The molecule has 1 unspecified atom stereocenters. The molecule has 2 aliphatic heterocycles. The number of hydrogen-bond acceptors (Lipinski definition) is 3. The fourth-order valence-electron chi connectivity index (χ4n) is 1.65. The Bertz CT molecular complexity index is 138. The maximum Gasteiger partial charge on any atom is 0.0954 e. The summed E-state index contributed by atoms with van der Waals surface area (Å²) in [6.07, 6.45) is 1.50. The number of aliphatic hydroxyl groups is 1. The van der Waals surface area contributed by atoms with Crippen LogP contribution < -0.4 is 5.32 Å². The van der Waals surface area contributed by atoms with Gasteiger partial charge in [-0.15, -0.1) is 12.4 Å². The van der Waals surface area contributed by atoms with E-state index < -0.39 is 0 Å². The fraction of sp³-hybridized carbons (Fsp3) is 1.00. The zero-order valence-electron chi connectivity index (χ0n) is 6.38. The van der Waals surface area contributed by atoms with E-state index in [1.165, 1.54) is 0 Å². The molecule has 2 saturated heterocycles. The van der Waals surface area contributed by atoms with Gasteiger partial charge in [0.1, 0.15) is 0 Å². The van der Waals surface area contributed by atoms with E-state index in [1.807, 2.05) is 0 Å². The Balaban J connectivity index is 0.000000605. The molecule has 0 saturated carbocycles. The summed E-state index contributed by atoms with van der Waals surface area (Å²) in [6.45, 7) is 2.57. The zero-order valence-corrected chi connectivity index (χ0v) is 7.19. The van der Waals surface area contributed by atoms with Gasteiger partial charge in [0, 0.05) is 26.1 Å². The first-order chi connectivity index (χ1) is 4.81. The van der Waals surface area contributed by atoms with E-state index >= 15 is 0 Å². The van der Waals surface area contributed by atoms with Crippen LogP contribution in [0, 0.1) is 0 Å². The lowest BCUT2D eigenvalue weighted by atomic mass is 9.87. The monoisotopic (exact) mass is 179 g/mol. The molecule has 2 aliphatic rings. The first kappa shape index (κ1) is 9.26. The van der Waals surface area contributed by atoms with Crippen molar-refractivity contribution < 1.29 is 9.84 Å². The molecule has 0 aromatic heterocycles. The Morgan fingerprint density at radius 3 is 2.55 bits per heavy atom. The second-order valence-electron chi connectivity index (χ2n) is 3.28. The molecule has 2 N–H and O–H groups in total. The Labute approximate surface area is 72.5 Å². The van der Waals surface area contributed by atoms with Crippen LogP contribution in [-0.2, 0) is 4.74 Å². The summed E-state index contributed by atoms with van der Waals surface area (Å²) in [6, 6.07) is 0. The Hall–Kier alpha value is 0.170. The topological polar surface area (TPSA) is 41.5 Å². The summed E-state index contributed by atoms with van der Waals surface area (Å²) in [5, 5.41) is 12.5. The summed E-state index contributed by atoms with van der Waals surface area (Å²) < 4.78 is 5.55. The predicted octanol–water partition coefficient (Wildman–Crippen LogP) is -0.0785. The van der Waals surface area contributed by atoms with E-state index in [2.05, 4.69) is 5.32 Å². The second-order valence-corrected chi connectivity index (χ2v) is 3.28. The average Bonchev–Trinajstić information content (AvgIpc) is 1.85. The molecule has 0 aliphatic carbocycles. The molecule has 2 heterocycles. The van der Waals surface area contributed by atoms with Gasteiger partial charge >= 0.3 is 0 Å². The summed E-state index contributed by atoms with van der Waals surface area (Å²) >= 11 is 0. The zero-order chi connectivity index (χ0) is 7.03. The van der Waals surface area contributed by atoms with Gasteiger partial charge in [-0.05, 0) is 6.42 Å². The molecule has 0 bridgehead atoms. The Kier molecular flexibility index (Phi) is 2.75. The van der Waals surface area contributed by atoms with Crippen LogP contribution in [0.5, 0.6) is 0 Å². The van der Waals surface area contributed by atoms with Gasteiger partial charge in [0.15, 0.2) is 0 Å². The van der Waals surface area contributed by atoms with Crippen LogP contribution in [0.2, 0.25) is 0 Å². The van der Waals surface area contributed by atoms with E-state index in [9.17, 15) is 5.11 Å². The second kappa shape index (κ2) is 3.27. The number of nitrogens with one attached hydrogen (secondary N) is 1. The number of aliphatic hydroxyl groups excluding tert-OH is 1. The fourth-order valence-corrected chi connectivity index (χ4v) is 1.65. The summed E-state index contributed by atoms with van der Waals surface area (Å²) in [7, 11) is 0. The molecule has 0 radical (unpaired) electrons. The van der Waals surface area contributed by atoms with Gasteiger partial charge in [-0.25, -0.2) is 0 Å². The summed E-state index contributed by atoms with van der Waals surface area (Å²) in [4.78, 5) is 0. The highest BCUT2D eigenvalue weighted by Gasteiger charge is 2.42. The van der Waals surface area contributed by atoms with Crippen molar-refractivity contribution >= 4 is 12.4 Å². The molecule has 1 atom stereocenters. The lowest BCUT2D eigenvalue weighted by Gasteiger charge is -2.46. The Morgan fingerprint density at radius 2 is 2.18 bits per heavy atom. The molecule has 4 heteroatoms. The van der Waals surface area contributed by atoms with Crippen molar-refractivity contribution in [3.05, 3.63) is 0 Å². The van der Waals surface area contributed by atoms with Gasteiger partial charge in [0.2, 0.25) is 0 Å². The van der Waals surface area contributed by atoms with Crippen molar-refractivity contribution in [2.24, 2.45) is 0 Å². The lowest BCUT2D eigenvalue weighted by Crippen LogP contribution is -2.64. The minimum atomic E-state index is -0.129. The van der Waals surface area contributed by atoms with Crippen LogP contribution in [0.25, 0.3) is 0 Å². The first-order valence-corrected chi connectivity index (χ1v) is 3.84. The van der Waals surface area contributed by atoms with Crippen LogP contribution in [0.4, 0.5) is 0 Å². The summed E-state index contributed by atoms with van der Waals surface area (Å²) in [5.41, 5.74) is 0.0116. The number of rotatable bonds is 0. The van der Waals surface area contributed by atoms with Crippen LogP contribution >= 0.6 is 12.4 Å². The van der Waals surface area contributed by atoms with Gasteiger partial charge in [-0.2, -0.15) is 0 Å². The molecule has 1 spiro atoms. The van der Waals surface area contributed by atoms with Crippen molar-refractivity contribution in [3.63, 3.8) is 0 Å².